The second-order valence-electron chi connectivity index (χ2n) is 4.32. The maximum Gasteiger partial charge on any atom is 0.305 e. The lowest BCUT2D eigenvalue weighted by Crippen LogP contribution is -2.49. The highest BCUT2D eigenvalue weighted by Gasteiger charge is 2.31. The van der Waals surface area contributed by atoms with Crippen molar-refractivity contribution in [3.8, 4) is 0 Å². The van der Waals surface area contributed by atoms with Crippen LogP contribution in [-0.4, -0.2) is 52.7 Å². The van der Waals surface area contributed by atoms with Crippen LogP contribution in [0.2, 0.25) is 5.15 Å². The molecule has 1 amide bonds. The van der Waals surface area contributed by atoms with Gasteiger partial charge in [-0.15, -0.1) is 0 Å². The van der Waals surface area contributed by atoms with Crippen molar-refractivity contribution in [2.75, 3.05) is 19.8 Å². The van der Waals surface area contributed by atoms with E-state index in [1.807, 2.05) is 0 Å². The molecule has 1 atom stereocenters. The van der Waals surface area contributed by atoms with Crippen molar-refractivity contribution < 1.29 is 23.8 Å². The Hall–Kier alpha value is -1.73. The predicted molar refractivity (Wildman–Crippen MR) is 67.1 cm³/mol. The molecule has 1 saturated heterocycles. The summed E-state index contributed by atoms with van der Waals surface area (Å²) in [6.45, 7) is 0.643. The van der Waals surface area contributed by atoms with Crippen LogP contribution in [0.1, 0.15) is 16.8 Å². The molecule has 1 aromatic heterocycles. The zero-order valence-corrected chi connectivity index (χ0v) is 11.1. The molecule has 0 radical (unpaired) electrons. The number of pyridine rings is 1. The van der Waals surface area contributed by atoms with E-state index in [4.69, 9.17) is 21.4 Å². The van der Waals surface area contributed by atoms with Gasteiger partial charge in [-0.25, -0.2) is 9.37 Å². The third-order valence-corrected chi connectivity index (χ3v) is 3.24. The van der Waals surface area contributed by atoms with Gasteiger partial charge < -0.3 is 14.7 Å². The summed E-state index contributed by atoms with van der Waals surface area (Å²) in [5, 5.41) is 8.73. The highest BCUT2D eigenvalue weighted by atomic mass is 35.5. The minimum Gasteiger partial charge on any atom is -0.481 e. The van der Waals surface area contributed by atoms with Crippen LogP contribution in [0, 0.1) is 5.82 Å². The SMILES string of the molecule is O=C(O)CC1COCCN1C(=O)c1cc(F)cnc1Cl. The molecule has 6 nitrogen and oxygen atoms in total. The summed E-state index contributed by atoms with van der Waals surface area (Å²) in [5.41, 5.74) is -0.0797. The van der Waals surface area contributed by atoms with Crippen LogP contribution >= 0.6 is 11.6 Å². The van der Waals surface area contributed by atoms with Gasteiger partial charge in [0.2, 0.25) is 0 Å². The van der Waals surface area contributed by atoms with Gasteiger partial charge in [-0.3, -0.25) is 9.59 Å². The quantitative estimate of drug-likeness (QED) is 0.848. The smallest absolute Gasteiger partial charge is 0.305 e. The molecule has 0 bridgehead atoms. The van der Waals surface area contributed by atoms with Crippen molar-refractivity contribution in [1.82, 2.24) is 9.88 Å². The fraction of sp³-hybridized carbons (Fsp3) is 0.417. The Morgan fingerprint density at radius 1 is 1.60 bits per heavy atom. The van der Waals surface area contributed by atoms with Crippen molar-refractivity contribution in [2.45, 2.75) is 12.5 Å². The number of halogens is 2. The number of aromatic nitrogens is 1. The average Bonchev–Trinajstić information content (AvgIpc) is 2.41. The van der Waals surface area contributed by atoms with Crippen LogP contribution in [0.5, 0.6) is 0 Å². The summed E-state index contributed by atoms with van der Waals surface area (Å²) in [5.74, 6) is -2.26. The van der Waals surface area contributed by atoms with Gasteiger partial charge >= 0.3 is 5.97 Å². The molecule has 0 saturated carbocycles. The number of carboxylic acids is 1. The Morgan fingerprint density at radius 3 is 3.05 bits per heavy atom. The van der Waals surface area contributed by atoms with Crippen LogP contribution in [0.3, 0.4) is 0 Å². The fourth-order valence-electron chi connectivity index (χ4n) is 2.02. The standard InChI is InChI=1S/C12H12ClFN2O4/c13-11-9(3-7(14)5-15-11)12(19)16-1-2-20-6-8(16)4-10(17)18/h3,5,8H,1-2,4,6H2,(H,17,18). The third kappa shape index (κ3) is 3.23. The predicted octanol–water partition coefficient (Wildman–Crippen LogP) is 1.19. The fourth-order valence-corrected chi connectivity index (χ4v) is 2.20. The monoisotopic (exact) mass is 302 g/mol. The van der Waals surface area contributed by atoms with Crippen molar-refractivity contribution >= 4 is 23.5 Å². The minimum absolute atomic E-state index is 0.0797. The van der Waals surface area contributed by atoms with Crippen LogP contribution in [0.4, 0.5) is 4.39 Å². The normalized spacial score (nSPS) is 18.9. The van der Waals surface area contributed by atoms with E-state index >= 15 is 0 Å². The van der Waals surface area contributed by atoms with Crippen molar-refractivity contribution in [3.63, 3.8) is 0 Å². The second-order valence-corrected chi connectivity index (χ2v) is 4.68. The van der Waals surface area contributed by atoms with Gasteiger partial charge in [0.05, 0.1) is 37.4 Å². The van der Waals surface area contributed by atoms with Crippen LogP contribution in [0.25, 0.3) is 0 Å². The Balaban J connectivity index is 2.25. The van der Waals surface area contributed by atoms with Gasteiger partial charge in [-0.05, 0) is 6.07 Å². The van der Waals surface area contributed by atoms with Crippen molar-refractivity contribution in [3.05, 3.63) is 28.8 Å². The Morgan fingerprint density at radius 2 is 2.35 bits per heavy atom. The third-order valence-electron chi connectivity index (χ3n) is 2.93. The molecule has 8 heteroatoms. The highest BCUT2D eigenvalue weighted by molar-refractivity contribution is 6.32. The van der Waals surface area contributed by atoms with Gasteiger partial charge in [0.1, 0.15) is 11.0 Å². The summed E-state index contributed by atoms with van der Waals surface area (Å²) < 4.78 is 18.3. The van der Waals surface area contributed by atoms with E-state index in [-0.39, 0.29) is 30.3 Å². The van der Waals surface area contributed by atoms with Gasteiger partial charge in [0.15, 0.2) is 0 Å². The number of hydrogen-bond donors (Lipinski definition) is 1. The topological polar surface area (TPSA) is 79.7 Å². The Kier molecular flexibility index (Phi) is 4.51. The van der Waals surface area contributed by atoms with E-state index in [0.717, 1.165) is 12.3 Å². The Bertz CT molecular complexity index is 540. The molecule has 1 aliphatic heterocycles. The molecule has 1 N–H and O–H groups in total. The zero-order chi connectivity index (χ0) is 14.7. The zero-order valence-electron chi connectivity index (χ0n) is 10.4. The summed E-state index contributed by atoms with van der Waals surface area (Å²) in [4.78, 5) is 28.1. The van der Waals surface area contributed by atoms with E-state index in [0.29, 0.717) is 6.61 Å². The molecule has 2 rings (SSSR count). The molecule has 0 aliphatic carbocycles. The molecule has 2 heterocycles. The molecule has 1 unspecified atom stereocenters. The number of rotatable bonds is 3. The number of carbonyl (C=O) groups excluding carboxylic acids is 1. The molecule has 1 aromatic rings. The van der Waals surface area contributed by atoms with Gasteiger partial charge in [-0.2, -0.15) is 0 Å². The van der Waals surface area contributed by atoms with Crippen LogP contribution in [-0.2, 0) is 9.53 Å². The first kappa shape index (κ1) is 14.7. The maximum atomic E-state index is 13.2. The lowest BCUT2D eigenvalue weighted by Gasteiger charge is -2.34. The van der Waals surface area contributed by atoms with Gasteiger partial charge in [0.25, 0.3) is 5.91 Å². The maximum absolute atomic E-state index is 13.2. The number of amides is 1. The van der Waals surface area contributed by atoms with E-state index in [9.17, 15) is 14.0 Å². The lowest BCUT2D eigenvalue weighted by atomic mass is 10.1. The second kappa shape index (κ2) is 6.15. The van der Waals surface area contributed by atoms with E-state index < -0.39 is 23.7 Å². The summed E-state index contributed by atoms with van der Waals surface area (Å²) in [6.07, 6.45) is 0.666. The number of hydrogen-bond acceptors (Lipinski definition) is 4. The molecule has 108 valence electrons. The van der Waals surface area contributed by atoms with Gasteiger partial charge in [-0.1, -0.05) is 11.6 Å². The number of nitrogens with zero attached hydrogens (tertiary/aromatic N) is 2. The average molecular weight is 303 g/mol. The number of carbonyl (C=O) groups is 2. The number of carboxylic acid groups (broad SMARTS) is 1. The summed E-state index contributed by atoms with van der Waals surface area (Å²) >= 11 is 5.79. The molecule has 0 spiro atoms. The largest absolute Gasteiger partial charge is 0.481 e. The number of aliphatic carboxylic acids is 1. The lowest BCUT2D eigenvalue weighted by molar-refractivity contribution is -0.139. The van der Waals surface area contributed by atoms with E-state index in [2.05, 4.69) is 4.98 Å². The molecule has 1 aliphatic rings. The minimum atomic E-state index is -1.04. The molecule has 1 fully saturated rings. The van der Waals surface area contributed by atoms with Crippen LogP contribution < -0.4 is 0 Å². The van der Waals surface area contributed by atoms with E-state index in [1.54, 1.807) is 0 Å². The number of morpholine rings is 1. The first-order valence-corrected chi connectivity index (χ1v) is 6.28. The number of ether oxygens (including phenoxy) is 1. The first-order valence-electron chi connectivity index (χ1n) is 5.90. The summed E-state index contributed by atoms with van der Waals surface area (Å²) in [6, 6.07) is 0.387. The first-order chi connectivity index (χ1) is 9.49. The van der Waals surface area contributed by atoms with Gasteiger partial charge in [0, 0.05) is 6.54 Å². The summed E-state index contributed by atoms with van der Waals surface area (Å²) in [7, 11) is 0. The molecule has 20 heavy (non-hydrogen) atoms. The Labute approximate surface area is 119 Å². The van der Waals surface area contributed by atoms with Crippen LogP contribution in [0.15, 0.2) is 12.3 Å². The molecule has 0 aromatic carbocycles. The molecular formula is C12H12ClFN2O4. The van der Waals surface area contributed by atoms with Crippen molar-refractivity contribution in [2.24, 2.45) is 0 Å². The molecular weight excluding hydrogens is 291 g/mol. The van der Waals surface area contributed by atoms with Crippen molar-refractivity contribution in [1.29, 1.82) is 0 Å². The highest BCUT2D eigenvalue weighted by Crippen LogP contribution is 2.20. The van der Waals surface area contributed by atoms with E-state index in [1.165, 1.54) is 4.90 Å².